The van der Waals surface area contributed by atoms with Crippen LogP contribution >= 0.6 is 0 Å². The van der Waals surface area contributed by atoms with E-state index in [-0.39, 0.29) is 23.3 Å². The number of nitrogens with one attached hydrogen (secondary N) is 1. The van der Waals surface area contributed by atoms with Gasteiger partial charge in [-0.2, -0.15) is 0 Å². The molecule has 1 aliphatic rings. The summed E-state index contributed by atoms with van der Waals surface area (Å²) in [5.41, 5.74) is 0.222. The predicted molar refractivity (Wildman–Crippen MR) is 73.9 cm³/mol. The average Bonchev–Trinajstić information content (AvgIpc) is 3.22. The van der Waals surface area contributed by atoms with Gasteiger partial charge in [0.2, 0.25) is 10.0 Å². The Kier molecular flexibility index (Phi) is 4.49. The van der Waals surface area contributed by atoms with Gasteiger partial charge in [-0.3, -0.25) is 4.72 Å². The SMILES string of the molecule is COc1cc(F)ccc1NS(=O)(=O)CC(OC)C1CC1. The molecule has 0 bridgehead atoms. The minimum Gasteiger partial charge on any atom is -0.494 e. The summed E-state index contributed by atoms with van der Waals surface area (Å²) in [6, 6.07) is 3.65. The fraction of sp³-hybridized carbons (Fsp3) is 0.538. The molecule has 0 heterocycles. The van der Waals surface area contributed by atoms with Crippen LogP contribution in [0.3, 0.4) is 0 Å². The average molecular weight is 303 g/mol. The molecule has 1 N–H and O–H groups in total. The second-order valence-electron chi connectivity index (χ2n) is 4.84. The Hall–Kier alpha value is -1.34. The lowest BCUT2D eigenvalue weighted by molar-refractivity contribution is 0.103. The number of halogens is 1. The van der Waals surface area contributed by atoms with Crippen LogP contribution in [0.25, 0.3) is 0 Å². The van der Waals surface area contributed by atoms with Gasteiger partial charge in [0.05, 0.1) is 24.7 Å². The molecule has 1 aliphatic carbocycles. The van der Waals surface area contributed by atoms with Crippen LogP contribution in [0.1, 0.15) is 12.8 Å². The molecule has 112 valence electrons. The first-order valence-electron chi connectivity index (χ1n) is 6.32. The molecule has 0 amide bonds. The van der Waals surface area contributed by atoms with Crippen LogP contribution in [-0.4, -0.2) is 34.5 Å². The third-order valence-corrected chi connectivity index (χ3v) is 4.56. The Morgan fingerprint density at radius 1 is 1.40 bits per heavy atom. The number of anilines is 1. The molecular formula is C13H18FNO4S. The van der Waals surface area contributed by atoms with Crippen molar-refractivity contribution < 1.29 is 22.3 Å². The zero-order valence-corrected chi connectivity index (χ0v) is 12.2. The van der Waals surface area contributed by atoms with Crippen molar-refractivity contribution in [1.82, 2.24) is 0 Å². The summed E-state index contributed by atoms with van der Waals surface area (Å²) in [7, 11) is -0.707. The van der Waals surface area contributed by atoms with E-state index in [2.05, 4.69) is 4.72 Å². The zero-order valence-electron chi connectivity index (χ0n) is 11.4. The highest BCUT2D eigenvalue weighted by Crippen LogP contribution is 2.35. The van der Waals surface area contributed by atoms with Gasteiger partial charge >= 0.3 is 0 Å². The van der Waals surface area contributed by atoms with Gasteiger partial charge in [-0.15, -0.1) is 0 Å². The Balaban J connectivity index is 2.11. The molecule has 1 saturated carbocycles. The van der Waals surface area contributed by atoms with Crippen molar-refractivity contribution in [2.24, 2.45) is 5.92 Å². The first kappa shape index (κ1) is 15.1. The van der Waals surface area contributed by atoms with Gasteiger partial charge in [-0.25, -0.2) is 12.8 Å². The van der Waals surface area contributed by atoms with Crippen LogP contribution in [0.4, 0.5) is 10.1 Å². The molecule has 1 aromatic carbocycles. The van der Waals surface area contributed by atoms with Crippen molar-refractivity contribution in [2.75, 3.05) is 24.7 Å². The lowest BCUT2D eigenvalue weighted by Crippen LogP contribution is -2.29. The van der Waals surface area contributed by atoms with E-state index in [1.54, 1.807) is 0 Å². The van der Waals surface area contributed by atoms with Gasteiger partial charge in [0.15, 0.2) is 0 Å². The lowest BCUT2D eigenvalue weighted by atomic mass is 10.3. The summed E-state index contributed by atoms with van der Waals surface area (Å²) in [5, 5.41) is 0. The van der Waals surface area contributed by atoms with Crippen molar-refractivity contribution in [1.29, 1.82) is 0 Å². The Bertz CT molecular complexity index is 572. The quantitative estimate of drug-likeness (QED) is 0.837. The normalized spacial score (nSPS) is 16.8. The maximum atomic E-state index is 13.1. The number of hydrogen-bond acceptors (Lipinski definition) is 4. The highest BCUT2D eigenvalue weighted by Gasteiger charge is 2.34. The second-order valence-corrected chi connectivity index (χ2v) is 6.61. The van der Waals surface area contributed by atoms with Crippen LogP contribution < -0.4 is 9.46 Å². The number of ether oxygens (including phenoxy) is 2. The van der Waals surface area contributed by atoms with Gasteiger partial charge in [-0.1, -0.05) is 0 Å². The predicted octanol–water partition coefficient (Wildman–Crippen LogP) is 2.00. The van der Waals surface area contributed by atoms with Crippen LogP contribution in [-0.2, 0) is 14.8 Å². The van der Waals surface area contributed by atoms with Gasteiger partial charge in [0, 0.05) is 13.2 Å². The molecule has 7 heteroatoms. The molecule has 0 radical (unpaired) electrons. The van der Waals surface area contributed by atoms with Crippen molar-refractivity contribution in [3.63, 3.8) is 0 Å². The molecule has 20 heavy (non-hydrogen) atoms. The first-order chi connectivity index (χ1) is 9.45. The van der Waals surface area contributed by atoms with Crippen LogP contribution in [0.5, 0.6) is 5.75 Å². The molecule has 1 fully saturated rings. The van der Waals surface area contributed by atoms with E-state index < -0.39 is 15.8 Å². The molecule has 0 saturated heterocycles. The summed E-state index contributed by atoms with van der Waals surface area (Å²) in [6.07, 6.45) is 1.68. The Morgan fingerprint density at radius 2 is 2.10 bits per heavy atom. The number of methoxy groups -OCH3 is 2. The topological polar surface area (TPSA) is 64.6 Å². The van der Waals surface area contributed by atoms with E-state index in [4.69, 9.17) is 9.47 Å². The highest BCUT2D eigenvalue weighted by molar-refractivity contribution is 7.92. The van der Waals surface area contributed by atoms with Crippen LogP contribution in [0, 0.1) is 11.7 Å². The number of benzene rings is 1. The van der Waals surface area contributed by atoms with E-state index >= 15 is 0 Å². The van der Waals surface area contributed by atoms with Gasteiger partial charge in [0.1, 0.15) is 11.6 Å². The summed E-state index contributed by atoms with van der Waals surface area (Å²) < 4.78 is 49.9. The monoisotopic (exact) mass is 303 g/mol. The summed E-state index contributed by atoms with van der Waals surface area (Å²) >= 11 is 0. The molecule has 5 nitrogen and oxygen atoms in total. The fourth-order valence-electron chi connectivity index (χ4n) is 2.04. The van der Waals surface area contributed by atoms with Gasteiger partial charge in [-0.05, 0) is 30.9 Å². The van der Waals surface area contributed by atoms with Crippen molar-refractivity contribution in [2.45, 2.75) is 18.9 Å². The lowest BCUT2D eigenvalue weighted by Gasteiger charge is -2.16. The van der Waals surface area contributed by atoms with Crippen LogP contribution in [0.2, 0.25) is 0 Å². The number of hydrogen-bond donors (Lipinski definition) is 1. The molecule has 2 rings (SSSR count). The third kappa shape index (κ3) is 3.83. The van der Waals surface area contributed by atoms with Crippen molar-refractivity contribution in [3.8, 4) is 5.75 Å². The smallest absolute Gasteiger partial charge is 0.235 e. The summed E-state index contributed by atoms with van der Waals surface area (Å²) in [4.78, 5) is 0. The summed E-state index contributed by atoms with van der Waals surface area (Å²) in [5.74, 6) is -0.146. The minimum atomic E-state index is -3.57. The maximum absolute atomic E-state index is 13.1. The van der Waals surface area contributed by atoms with Gasteiger partial charge in [0.25, 0.3) is 0 Å². The fourth-order valence-corrected chi connectivity index (χ4v) is 3.47. The molecular weight excluding hydrogens is 285 g/mol. The van der Waals surface area contributed by atoms with E-state index in [0.29, 0.717) is 5.92 Å². The number of sulfonamides is 1. The first-order valence-corrected chi connectivity index (χ1v) is 7.97. The van der Waals surface area contributed by atoms with Crippen molar-refractivity contribution in [3.05, 3.63) is 24.0 Å². The zero-order chi connectivity index (χ0) is 14.8. The molecule has 1 atom stereocenters. The molecule has 0 aliphatic heterocycles. The van der Waals surface area contributed by atoms with E-state index in [1.165, 1.54) is 26.4 Å². The van der Waals surface area contributed by atoms with E-state index in [9.17, 15) is 12.8 Å². The Morgan fingerprint density at radius 3 is 2.65 bits per heavy atom. The Labute approximate surface area is 118 Å². The number of rotatable bonds is 7. The minimum absolute atomic E-state index is 0.116. The van der Waals surface area contributed by atoms with Crippen LogP contribution in [0.15, 0.2) is 18.2 Å². The van der Waals surface area contributed by atoms with Gasteiger partial charge < -0.3 is 9.47 Å². The summed E-state index contributed by atoms with van der Waals surface area (Å²) in [6.45, 7) is 0. The maximum Gasteiger partial charge on any atom is 0.235 e. The molecule has 1 unspecified atom stereocenters. The van der Waals surface area contributed by atoms with E-state index in [0.717, 1.165) is 18.9 Å². The molecule has 1 aromatic rings. The largest absolute Gasteiger partial charge is 0.494 e. The molecule has 0 spiro atoms. The molecule has 0 aromatic heterocycles. The second kappa shape index (κ2) is 5.97. The third-order valence-electron chi connectivity index (χ3n) is 3.26. The standard InChI is InChI=1S/C13H18FNO4S/c1-18-12-7-10(14)5-6-11(12)15-20(16,17)8-13(19-2)9-3-4-9/h5-7,9,13,15H,3-4,8H2,1-2H3. The van der Waals surface area contributed by atoms with Crippen molar-refractivity contribution >= 4 is 15.7 Å². The van der Waals surface area contributed by atoms with E-state index in [1.807, 2.05) is 0 Å². The highest BCUT2D eigenvalue weighted by atomic mass is 32.2.